The number of carbonyl (C=O) groups is 1. The van der Waals surface area contributed by atoms with E-state index in [4.69, 9.17) is 0 Å². The van der Waals surface area contributed by atoms with Crippen LogP contribution in [0.1, 0.15) is 24.3 Å². The van der Waals surface area contributed by atoms with Crippen molar-refractivity contribution in [3.8, 4) is 0 Å². The van der Waals surface area contributed by atoms with Crippen LogP contribution >= 0.6 is 0 Å². The molecule has 0 aliphatic rings. The zero-order chi connectivity index (χ0) is 13.0. The van der Waals surface area contributed by atoms with Gasteiger partial charge in [-0.1, -0.05) is 13.8 Å². The van der Waals surface area contributed by atoms with E-state index in [1.165, 1.54) is 19.2 Å². The summed E-state index contributed by atoms with van der Waals surface area (Å²) in [4.78, 5) is 22.7. The van der Waals surface area contributed by atoms with Gasteiger partial charge in [-0.25, -0.2) is 4.68 Å². The van der Waals surface area contributed by atoms with Gasteiger partial charge in [0.15, 0.2) is 0 Å². The van der Waals surface area contributed by atoms with Gasteiger partial charge in [-0.3, -0.25) is 9.59 Å². The second kappa shape index (κ2) is 5.58. The van der Waals surface area contributed by atoms with E-state index in [1.807, 2.05) is 13.8 Å². The van der Waals surface area contributed by atoms with Gasteiger partial charge in [0, 0.05) is 19.7 Å². The Morgan fingerprint density at radius 1 is 1.53 bits per heavy atom. The molecule has 0 fully saturated rings. The van der Waals surface area contributed by atoms with E-state index >= 15 is 0 Å². The van der Waals surface area contributed by atoms with Crippen LogP contribution in [0.5, 0.6) is 0 Å². The Balaban J connectivity index is 2.64. The number of hydrogen-bond donors (Lipinski definition) is 2. The number of amides is 1. The minimum absolute atomic E-state index is 0.0726. The van der Waals surface area contributed by atoms with Gasteiger partial charge in [0.05, 0.1) is 6.10 Å². The summed E-state index contributed by atoms with van der Waals surface area (Å²) >= 11 is 0. The van der Waals surface area contributed by atoms with E-state index in [2.05, 4.69) is 10.4 Å². The molecule has 6 heteroatoms. The van der Waals surface area contributed by atoms with Crippen molar-refractivity contribution in [1.82, 2.24) is 15.1 Å². The van der Waals surface area contributed by atoms with E-state index in [9.17, 15) is 14.7 Å². The molecule has 0 bridgehead atoms. The minimum atomic E-state index is -0.591. The molecular weight excluding hydrogens is 222 g/mol. The van der Waals surface area contributed by atoms with Crippen molar-refractivity contribution < 1.29 is 9.90 Å². The quantitative estimate of drug-likeness (QED) is 0.743. The lowest BCUT2D eigenvalue weighted by Gasteiger charge is -2.14. The Morgan fingerprint density at radius 2 is 2.18 bits per heavy atom. The lowest BCUT2D eigenvalue weighted by molar-refractivity contribution is 0.0865. The van der Waals surface area contributed by atoms with Crippen LogP contribution in [0.15, 0.2) is 16.9 Å². The van der Waals surface area contributed by atoms with Gasteiger partial charge < -0.3 is 10.4 Å². The van der Waals surface area contributed by atoms with Crippen LogP contribution in [-0.4, -0.2) is 33.4 Å². The largest absolute Gasteiger partial charge is 0.391 e. The van der Waals surface area contributed by atoms with Gasteiger partial charge in [0.1, 0.15) is 5.69 Å². The molecule has 1 atom stereocenters. The fraction of sp³-hybridized carbons (Fsp3) is 0.545. The van der Waals surface area contributed by atoms with Gasteiger partial charge in [-0.05, 0) is 12.0 Å². The molecule has 2 N–H and O–H groups in total. The van der Waals surface area contributed by atoms with Gasteiger partial charge in [-0.15, -0.1) is 0 Å². The number of aromatic nitrogens is 2. The number of nitrogens with zero attached hydrogens (tertiary/aromatic N) is 2. The first kappa shape index (κ1) is 13.4. The van der Waals surface area contributed by atoms with Crippen LogP contribution in [0.25, 0.3) is 0 Å². The second-order valence-electron chi connectivity index (χ2n) is 4.20. The first-order valence-corrected chi connectivity index (χ1v) is 5.42. The molecule has 94 valence electrons. The summed E-state index contributed by atoms with van der Waals surface area (Å²) in [5.74, 6) is -0.330. The fourth-order valence-electron chi connectivity index (χ4n) is 1.15. The first-order chi connectivity index (χ1) is 7.91. The summed E-state index contributed by atoms with van der Waals surface area (Å²) in [6, 6.07) is 2.64. The monoisotopic (exact) mass is 239 g/mol. The number of hydrogen-bond acceptors (Lipinski definition) is 4. The van der Waals surface area contributed by atoms with E-state index in [1.54, 1.807) is 0 Å². The molecule has 1 rings (SSSR count). The summed E-state index contributed by atoms with van der Waals surface area (Å²) < 4.78 is 1.09. The molecule has 0 spiro atoms. The summed E-state index contributed by atoms with van der Waals surface area (Å²) in [6.07, 6.45) is -0.591. The third kappa shape index (κ3) is 3.67. The average Bonchev–Trinajstić information content (AvgIpc) is 2.28. The van der Waals surface area contributed by atoms with Gasteiger partial charge in [0.25, 0.3) is 11.5 Å². The molecule has 1 amide bonds. The van der Waals surface area contributed by atoms with Crippen LogP contribution in [0.3, 0.4) is 0 Å². The molecule has 0 aromatic carbocycles. The van der Waals surface area contributed by atoms with Crippen molar-refractivity contribution in [2.45, 2.75) is 20.0 Å². The molecule has 1 aromatic heterocycles. The number of aryl methyl sites for hydroxylation is 1. The van der Waals surface area contributed by atoms with Crippen molar-refractivity contribution >= 4 is 5.91 Å². The lowest BCUT2D eigenvalue weighted by atomic mass is 10.1. The van der Waals surface area contributed by atoms with E-state index < -0.39 is 12.0 Å². The Labute approximate surface area is 99.3 Å². The smallest absolute Gasteiger partial charge is 0.271 e. The zero-order valence-electron chi connectivity index (χ0n) is 10.2. The highest BCUT2D eigenvalue weighted by Gasteiger charge is 2.13. The molecule has 1 aromatic rings. The number of aliphatic hydroxyl groups excluding tert-OH is 1. The molecule has 0 aliphatic carbocycles. The standard InChI is InChI=1S/C11H17N3O3/c1-7(2)9(15)6-12-11(17)8-4-5-10(16)14(3)13-8/h4-5,7,9,15H,6H2,1-3H3,(H,12,17). The minimum Gasteiger partial charge on any atom is -0.391 e. The maximum absolute atomic E-state index is 11.6. The number of carbonyl (C=O) groups excluding carboxylic acids is 1. The highest BCUT2D eigenvalue weighted by molar-refractivity contribution is 5.91. The van der Waals surface area contributed by atoms with Crippen molar-refractivity contribution in [3.05, 3.63) is 28.2 Å². The zero-order valence-corrected chi connectivity index (χ0v) is 10.2. The second-order valence-corrected chi connectivity index (χ2v) is 4.20. The summed E-state index contributed by atoms with van der Waals surface area (Å²) in [5, 5.41) is 15.9. The summed E-state index contributed by atoms with van der Waals surface area (Å²) in [5.41, 5.74) is -0.119. The molecule has 0 radical (unpaired) electrons. The van der Waals surface area contributed by atoms with Crippen LogP contribution < -0.4 is 10.9 Å². The van der Waals surface area contributed by atoms with Crippen LogP contribution in [0, 0.1) is 5.92 Å². The van der Waals surface area contributed by atoms with Crippen LogP contribution in [-0.2, 0) is 7.05 Å². The molecule has 6 nitrogen and oxygen atoms in total. The Bertz CT molecular complexity index is 454. The van der Waals surface area contributed by atoms with Gasteiger partial charge in [0.2, 0.25) is 0 Å². The third-order valence-electron chi connectivity index (χ3n) is 2.43. The maximum atomic E-state index is 11.6. The van der Waals surface area contributed by atoms with Crippen LogP contribution in [0.2, 0.25) is 0 Å². The molecular formula is C11H17N3O3. The SMILES string of the molecule is CC(C)C(O)CNC(=O)c1ccc(=O)n(C)n1. The topological polar surface area (TPSA) is 84.2 Å². The van der Waals surface area contributed by atoms with E-state index in [0.717, 1.165) is 4.68 Å². The third-order valence-corrected chi connectivity index (χ3v) is 2.43. The van der Waals surface area contributed by atoms with Crippen molar-refractivity contribution in [2.24, 2.45) is 13.0 Å². The van der Waals surface area contributed by atoms with Crippen molar-refractivity contribution in [2.75, 3.05) is 6.54 Å². The predicted molar refractivity (Wildman–Crippen MR) is 62.7 cm³/mol. The fourth-order valence-corrected chi connectivity index (χ4v) is 1.15. The molecule has 0 aliphatic heterocycles. The summed E-state index contributed by atoms with van der Waals surface area (Å²) in [7, 11) is 1.47. The normalized spacial score (nSPS) is 12.5. The van der Waals surface area contributed by atoms with E-state index in [-0.39, 0.29) is 23.7 Å². The van der Waals surface area contributed by atoms with Crippen molar-refractivity contribution in [1.29, 1.82) is 0 Å². The molecule has 1 unspecified atom stereocenters. The van der Waals surface area contributed by atoms with Gasteiger partial charge >= 0.3 is 0 Å². The Hall–Kier alpha value is -1.69. The predicted octanol–water partition coefficient (Wildman–Crippen LogP) is -0.473. The highest BCUT2D eigenvalue weighted by Crippen LogP contribution is 1.99. The number of nitrogens with one attached hydrogen (secondary N) is 1. The molecule has 1 heterocycles. The number of rotatable bonds is 4. The Morgan fingerprint density at radius 3 is 2.71 bits per heavy atom. The Kier molecular flexibility index (Phi) is 4.39. The lowest BCUT2D eigenvalue weighted by Crippen LogP contribution is -2.36. The average molecular weight is 239 g/mol. The first-order valence-electron chi connectivity index (χ1n) is 5.42. The van der Waals surface area contributed by atoms with Crippen LogP contribution in [0.4, 0.5) is 0 Å². The van der Waals surface area contributed by atoms with Crippen molar-refractivity contribution in [3.63, 3.8) is 0 Å². The highest BCUT2D eigenvalue weighted by atomic mass is 16.3. The molecule has 0 saturated carbocycles. The van der Waals surface area contributed by atoms with Gasteiger partial charge in [-0.2, -0.15) is 5.10 Å². The molecule has 0 saturated heterocycles. The number of aliphatic hydroxyl groups is 1. The maximum Gasteiger partial charge on any atom is 0.271 e. The summed E-state index contributed by atoms with van der Waals surface area (Å²) in [6.45, 7) is 3.89. The molecule has 17 heavy (non-hydrogen) atoms. The van der Waals surface area contributed by atoms with E-state index in [0.29, 0.717) is 0 Å².